The molecule has 0 aliphatic carbocycles. The molecule has 4 rings (SSSR count). The third-order valence-electron chi connectivity index (χ3n) is 5.21. The van der Waals surface area contributed by atoms with Crippen LogP contribution >= 0.6 is 0 Å². The maximum atomic E-state index is 14.5. The molecule has 1 aliphatic heterocycles. The Hall–Kier alpha value is -2.83. The molecule has 1 saturated heterocycles. The molecule has 0 amide bonds. The molecule has 2 aromatic carbocycles. The van der Waals surface area contributed by atoms with Crippen molar-refractivity contribution in [2.24, 2.45) is 0 Å². The van der Waals surface area contributed by atoms with Crippen molar-refractivity contribution in [3.8, 4) is 0 Å². The van der Waals surface area contributed by atoms with Gasteiger partial charge in [-0.2, -0.15) is 0 Å². The number of morpholine rings is 1. The number of ether oxygens (including phenoxy) is 2. The molecular formula is C23H23FN2O3. The highest BCUT2D eigenvalue weighted by atomic mass is 19.1. The monoisotopic (exact) mass is 394 g/mol. The summed E-state index contributed by atoms with van der Waals surface area (Å²) in [5, 5.41) is 0.978. The van der Waals surface area contributed by atoms with E-state index in [1.54, 1.807) is 31.3 Å². The van der Waals surface area contributed by atoms with Crippen molar-refractivity contribution in [3.05, 3.63) is 77.7 Å². The second kappa shape index (κ2) is 8.68. The van der Waals surface area contributed by atoms with E-state index in [0.717, 1.165) is 16.5 Å². The predicted octanol–water partition coefficient (Wildman–Crippen LogP) is 4.05. The molecule has 2 unspecified atom stereocenters. The lowest BCUT2D eigenvalue weighted by Gasteiger charge is -2.34. The third kappa shape index (κ3) is 4.28. The van der Waals surface area contributed by atoms with Crippen LogP contribution in [-0.4, -0.2) is 42.2 Å². The topological polar surface area (TPSA) is 51.7 Å². The number of nitrogens with zero attached hydrogens (tertiary/aromatic N) is 2. The fourth-order valence-corrected chi connectivity index (χ4v) is 3.62. The molecule has 0 spiro atoms. The van der Waals surface area contributed by atoms with Crippen molar-refractivity contribution >= 4 is 16.9 Å². The van der Waals surface area contributed by atoms with Crippen LogP contribution in [0.3, 0.4) is 0 Å². The summed E-state index contributed by atoms with van der Waals surface area (Å²) in [4.78, 5) is 19.5. The number of esters is 1. The number of rotatable bonds is 5. The Bertz CT molecular complexity index is 1000. The first-order chi connectivity index (χ1) is 14.1. The van der Waals surface area contributed by atoms with Crippen LogP contribution in [0.25, 0.3) is 10.9 Å². The van der Waals surface area contributed by atoms with Gasteiger partial charge in [0.1, 0.15) is 18.0 Å². The maximum absolute atomic E-state index is 14.5. The molecule has 2 heterocycles. The number of hydrogen-bond acceptors (Lipinski definition) is 5. The minimum atomic E-state index is -0.809. The standard InChI is InChI=1S/C23H23FN2O3/c1-16(18-14-17-6-2-5-9-21(17)25-15-18)29-23(27)22(26-10-12-28-13-11-26)19-7-3-4-8-20(19)24/h2-9,14-16,22H,10-13H2,1H3. The largest absolute Gasteiger partial charge is 0.456 e. The molecular weight excluding hydrogens is 371 g/mol. The molecule has 5 nitrogen and oxygen atoms in total. The fourth-order valence-electron chi connectivity index (χ4n) is 3.62. The maximum Gasteiger partial charge on any atom is 0.328 e. The minimum Gasteiger partial charge on any atom is -0.456 e. The summed E-state index contributed by atoms with van der Waals surface area (Å²) in [5.41, 5.74) is 2.00. The molecule has 6 heteroatoms. The van der Waals surface area contributed by atoms with Gasteiger partial charge in [0, 0.05) is 35.8 Å². The van der Waals surface area contributed by atoms with Gasteiger partial charge in [0.25, 0.3) is 0 Å². The Morgan fingerprint density at radius 3 is 2.66 bits per heavy atom. The number of hydrogen-bond donors (Lipinski definition) is 0. The Balaban J connectivity index is 1.58. The first kappa shape index (κ1) is 19.5. The van der Waals surface area contributed by atoms with E-state index in [9.17, 15) is 9.18 Å². The Morgan fingerprint density at radius 2 is 1.86 bits per heavy atom. The van der Waals surface area contributed by atoms with Gasteiger partial charge in [-0.05, 0) is 25.1 Å². The molecule has 3 aromatic rings. The molecule has 1 aliphatic rings. The average molecular weight is 394 g/mol. The van der Waals surface area contributed by atoms with Crippen LogP contribution in [0.5, 0.6) is 0 Å². The van der Waals surface area contributed by atoms with Crippen molar-refractivity contribution in [1.29, 1.82) is 0 Å². The molecule has 1 aromatic heterocycles. The number of fused-ring (bicyclic) bond motifs is 1. The van der Waals surface area contributed by atoms with Crippen molar-refractivity contribution in [1.82, 2.24) is 9.88 Å². The fraction of sp³-hybridized carbons (Fsp3) is 0.304. The normalized spacial score (nSPS) is 17.0. The molecule has 29 heavy (non-hydrogen) atoms. The molecule has 1 fully saturated rings. The van der Waals surface area contributed by atoms with Crippen LogP contribution < -0.4 is 0 Å². The van der Waals surface area contributed by atoms with Gasteiger partial charge in [-0.15, -0.1) is 0 Å². The average Bonchev–Trinajstić information content (AvgIpc) is 2.75. The van der Waals surface area contributed by atoms with E-state index in [-0.39, 0.29) is 0 Å². The lowest BCUT2D eigenvalue weighted by Crippen LogP contribution is -2.43. The molecule has 0 saturated carbocycles. The van der Waals surface area contributed by atoms with Crippen molar-refractivity contribution < 1.29 is 18.7 Å². The van der Waals surface area contributed by atoms with E-state index in [1.807, 2.05) is 35.2 Å². The van der Waals surface area contributed by atoms with E-state index in [0.29, 0.717) is 31.9 Å². The number of aromatic nitrogens is 1. The van der Waals surface area contributed by atoms with E-state index in [2.05, 4.69) is 4.98 Å². The first-order valence-corrected chi connectivity index (χ1v) is 9.75. The third-order valence-corrected chi connectivity index (χ3v) is 5.21. The van der Waals surface area contributed by atoms with Crippen LogP contribution in [0.2, 0.25) is 0 Å². The van der Waals surface area contributed by atoms with Crippen LogP contribution in [-0.2, 0) is 14.3 Å². The summed E-state index contributed by atoms with van der Waals surface area (Å²) >= 11 is 0. The highest BCUT2D eigenvalue weighted by Gasteiger charge is 2.33. The van der Waals surface area contributed by atoms with Gasteiger partial charge in [0.15, 0.2) is 0 Å². The Morgan fingerprint density at radius 1 is 1.14 bits per heavy atom. The summed E-state index contributed by atoms with van der Waals surface area (Å²) in [6.45, 7) is 3.90. The van der Waals surface area contributed by atoms with Crippen molar-refractivity contribution in [2.45, 2.75) is 19.1 Å². The summed E-state index contributed by atoms with van der Waals surface area (Å²) in [5.74, 6) is -0.890. The SMILES string of the molecule is CC(OC(=O)C(c1ccccc1F)N1CCOCC1)c1cnc2ccccc2c1. The molecule has 150 valence electrons. The lowest BCUT2D eigenvalue weighted by atomic mass is 10.0. The van der Waals surface area contributed by atoms with Crippen LogP contribution in [0.1, 0.15) is 30.2 Å². The van der Waals surface area contributed by atoms with E-state index >= 15 is 0 Å². The molecule has 0 radical (unpaired) electrons. The number of carbonyl (C=O) groups excluding carboxylic acids is 1. The van der Waals surface area contributed by atoms with Gasteiger partial charge in [0.2, 0.25) is 0 Å². The van der Waals surface area contributed by atoms with Gasteiger partial charge in [-0.25, -0.2) is 9.18 Å². The van der Waals surface area contributed by atoms with Crippen LogP contribution in [0.15, 0.2) is 60.8 Å². The first-order valence-electron chi connectivity index (χ1n) is 9.75. The van der Waals surface area contributed by atoms with E-state index < -0.39 is 23.9 Å². The van der Waals surface area contributed by atoms with E-state index in [1.165, 1.54) is 6.07 Å². The highest BCUT2D eigenvalue weighted by Crippen LogP contribution is 2.29. The second-order valence-electron chi connectivity index (χ2n) is 7.11. The number of halogens is 1. The lowest BCUT2D eigenvalue weighted by molar-refractivity contribution is -0.157. The second-order valence-corrected chi connectivity index (χ2v) is 7.11. The molecule has 2 atom stereocenters. The zero-order valence-corrected chi connectivity index (χ0v) is 16.3. The van der Waals surface area contributed by atoms with Crippen molar-refractivity contribution in [2.75, 3.05) is 26.3 Å². The quantitative estimate of drug-likeness (QED) is 0.611. The summed E-state index contributed by atoms with van der Waals surface area (Å²) in [6.07, 6.45) is 1.21. The van der Waals surface area contributed by atoms with Gasteiger partial charge in [0.05, 0.1) is 18.7 Å². The van der Waals surface area contributed by atoms with Gasteiger partial charge in [-0.3, -0.25) is 9.88 Å². The van der Waals surface area contributed by atoms with Gasteiger partial charge < -0.3 is 9.47 Å². The summed E-state index contributed by atoms with van der Waals surface area (Å²) in [7, 11) is 0. The number of carbonyl (C=O) groups is 1. The zero-order valence-electron chi connectivity index (χ0n) is 16.3. The molecule has 0 N–H and O–H groups in total. The Kier molecular flexibility index (Phi) is 5.83. The number of para-hydroxylation sites is 1. The highest BCUT2D eigenvalue weighted by molar-refractivity contribution is 5.80. The number of pyridine rings is 1. The van der Waals surface area contributed by atoms with Gasteiger partial charge in [-0.1, -0.05) is 36.4 Å². The van der Waals surface area contributed by atoms with Crippen LogP contribution in [0, 0.1) is 5.82 Å². The summed E-state index contributed by atoms with van der Waals surface area (Å²) in [6, 6.07) is 15.3. The molecule has 0 bridgehead atoms. The van der Waals surface area contributed by atoms with Crippen molar-refractivity contribution in [3.63, 3.8) is 0 Å². The zero-order chi connectivity index (χ0) is 20.2. The predicted molar refractivity (Wildman–Crippen MR) is 108 cm³/mol. The number of benzene rings is 2. The van der Waals surface area contributed by atoms with E-state index in [4.69, 9.17) is 9.47 Å². The van der Waals surface area contributed by atoms with Crippen LogP contribution in [0.4, 0.5) is 4.39 Å². The summed E-state index contributed by atoms with van der Waals surface area (Å²) < 4.78 is 25.7. The van der Waals surface area contributed by atoms with Gasteiger partial charge >= 0.3 is 5.97 Å². The Labute approximate surface area is 169 Å². The minimum absolute atomic E-state index is 0.322. The smallest absolute Gasteiger partial charge is 0.328 e.